The van der Waals surface area contributed by atoms with E-state index in [1.165, 1.54) is 12.1 Å². The summed E-state index contributed by atoms with van der Waals surface area (Å²) in [6.07, 6.45) is 1.99. The molecule has 0 unspecified atom stereocenters. The maximum atomic E-state index is 13.1. The molecule has 1 fully saturated rings. The lowest BCUT2D eigenvalue weighted by molar-refractivity contribution is -0.120. The molecule has 18 heavy (non-hydrogen) atoms. The van der Waals surface area contributed by atoms with Crippen LogP contribution in [-0.4, -0.2) is 24.4 Å². The van der Waals surface area contributed by atoms with Gasteiger partial charge in [0.1, 0.15) is 5.82 Å². The number of carbonyl (C=O) groups is 2. The molecule has 0 aromatic heterocycles. The zero-order chi connectivity index (χ0) is 13.1. The maximum absolute atomic E-state index is 13.1. The van der Waals surface area contributed by atoms with Crippen molar-refractivity contribution in [2.45, 2.75) is 18.9 Å². The second-order valence-corrected chi connectivity index (χ2v) is 5.10. The topological polar surface area (TPSA) is 58.2 Å². The molecule has 4 nitrogen and oxygen atoms in total. The van der Waals surface area contributed by atoms with Gasteiger partial charge in [-0.15, -0.1) is 0 Å². The minimum Gasteiger partial charge on any atom is -0.352 e. The van der Waals surface area contributed by atoms with Crippen LogP contribution in [0.25, 0.3) is 0 Å². The fourth-order valence-corrected chi connectivity index (χ4v) is 1.92. The third-order valence-electron chi connectivity index (χ3n) is 2.48. The first-order chi connectivity index (χ1) is 8.54. The van der Waals surface area contributed by atoms with Crippen LogP contribution in [0.2, 0.25) is 0 Å². The molecule has 0 saturated heterocycles. The predicted octanol–water partition coefficient (Wildman–Crippen LogP) is 1.60. The SMILES string of the molecule is O=C(CNC(=O)c1cc(F)cc(Br)c1)NC1CC1. The molecule has 2 amide bonds. The molecule has 0 atom stereocenters. The van der Waals surface area contributed by atoms with E-state index in [4.69, 9.17) is 0 Å². The van der Waals surface area contributed by atoms with Gasteiger partial charge in [0.15, 0.2) is 0 Å². The Morgan fingerprint density at radius 3 is 2.67 bits per heavy atom. The van der Waals surface area contributed by atoms with Gasteiger partial charge in [-0.3, -0.25) is 9.59 Å². The Balaban J connectivity index is 1.88. The lowest BCUT2D eigenvalue weighted by Gasteiger charge is -2.06. The van der Waals surface area contributed by atoms with Crippen molar-refractivity contribution in [1.82, 2.24) is 10.6 Å². The van der Waals surface area contributed by atoms with Crippen LogP contribution in [0.15, 0.2) is 22.7 Å². The number of rotatable bonds is 4. The van der Waals surface area contributed by atoms with Crippen molar-refractivity contribution in [3.63, 3.8) is 0 Å². The fourth-order valence-electron chi connectivity index (χ4n) is 1.45. The first-order valence-corrected chi connectivity index (χ1v) is 6.37. The lowest BCUT2D eigenvalue weighted by Crippen LogP contribution is -2.37. The quantitative estimate of drug-likeness (QED) is 0.887. The second kappa shape index (κ2) is 5.48. The van der Waals surface area contributed by atoms with Gasteiger partial charge >= 0.3 is 0 Å². The fraction of sp³-hybridized carbons (Fsp3) is 0.333. The summed E-state index contributed by atoms with van der Waals surface area (Å²) in [6, 6.07) is 4.14. The van der Waals surface area contributed by atoms with E-state index < -0.39 is 11.7 Å². The second-order valence-electron chi connectivity index (χ2n) is 4.18. The average Bonchev–Trinajstić information content (AvgIpc) is 3.08. The highest BCUT2D eigenvalue weighted by Crippen LogP contribution is 2.18. The van der Waals surface area contributed by atoms with Gasteiger partial charge in [-0.25, -0.2) is 4.39 Å². The Morgan fingerprint density at radius 2 is 2.06 bits per heavy atom. The lowest BCUT2D eigenvalue weighted by atomic mass is 10.2. The normalized spacial score (nSPS) is 14.1. The van der Waals surface area contributed by atoms with Gasteiger partial charge in [-0.1, -0.05) is 15.9 Å². The molecule has 0 spiro atoms. The molecule has 6 heteroatoms. The van der Waals surface area contributed by atoms with Crippen molar-refractivity contribution in [3.8, 4) is 0 Å². The highest BCUT2D eigenvalue weighted by Gasteiger charge is 2.23. The smallest absolute Gasteiger partial charge is 0.251 e. The Hall–Kier alpha value is -1.43. The van der Waals surface area contributed by atoms with Crippen LogP contribution >= 0.6 is 15.9 Å². The summed E-state index contributed by atoms with van der Waals surface area (Å²) in [5.74, 6) is -1.19. The first kappa shape index (κ1) is 13.0. The van der Waals surface area contributed by atoms with Gasteiger partial charge in [0.25, 0.3) is 5.91 Å². The summed E-state index contributed by atoms with van der Waals surface area (Å²) in [6.45, 7) is -0.0938. The molecule has 1 aromatic carbocycles. The van der Waals surface area contributed by atoms with Crippen LogP contribution in [0.5, 0.6) is 0 Å². The predicted molar refractivity (Wildman–Crippen MR) is 67.6 cm³/mol. The van der Waals surface area contributed by atoms with E-state index in [1.807, 2.05) is 0 Å². The summed E-state index contributed by atoms with van der Waals surface area (Å²) in [4.78, 5) is 23.0. The van der Waals surface area contributed by atoms with Crippen LogP contribution in [0, 0.1) is 5.82 Å². The summed E-state index contributed by atoms with van der Waals surface area (Å²) in [5.41, 5.74) is 0.182. The third-order valence-corrected chi connectivity index (χ3v) is 2.93. The molecule has 1 aliphatic carbocycles. The van der Waals surface area contributed by atoms with E-state index in [2.05, 4.69) is 26.6 Å². The molecule has 0 aliphatic heterocycles. The van der Waals surface area contributed by atoms with Crippen molar-refractivity contribution >= 4 is 27.7 Å². The summed E-state index contributed by atoms with van der Waals surface area (Å²) in [7, 11) is 0. The molecule has 1 aliphatic rings. The Morgan fingerprint density at radius 1 is 1.33 bits per heavy atom. The van der Waals surface area contributed by atoms with Gasteiger partial charge < -0.3 is 10.6 Å². The number of benzene rings is 1. The highest BCUT2D eigenvalue weighted by molar-refractivity contribution is 9.10. The van der Waals surface area contributed by atoms with E-state index in [9.17, 15) is 14.0 Å². The molecule has 0 heterocycles. The zero-order valence-electron chi connectivity index (χ0n) is 9.50. The van der Waals surface area contributed by atoms with Gasteiger partial charge in [0, 0.05) is 16.1 Å². The van der Waals surface area contributed by atoms with Crippen LogP contribution in [-0.2, 0) is 4.79 Å². The number of hydrogen-bond donors (Lipinski definition) is 2. The number of nitrogens with one attached hydrogen (secondary N) is 2. The largest absolute Gasteiger partial charge is 0.352 e. The van der Waals surface area contributed by atoms with Crippen molar-refractivity contribution in [2.24, 2.45) is 0 Å². The van der Waals surface area contributed by atoms with E-state index in [0.29, 0.717) is 4.47 Å². The third kappa shape index (κ3) is 3.80. The summed E-state index contributed by atoms with van der Waals surface area (Å²) in [5, 5.41) is 5.19. The van der Waals surface area contributed by atoms with Crippen LogP contribution < -0.4 is 10.6 Å². The molecule has 0 radical (unpaired) electrons. The van der Waals surface area contributed by atoms with E-state index >= 15 is 0 Å². The average molecular weight is 315 g/mol. The van der Waals surface area contributed by atoms with Crippen molar-refractivity contribution in [1.29, 1.82) is 0 Å². The van der Waals surface area contributed by atoms with Crippen molar-refractivity contribution in [2.75, 3.05) is 6.54 Å². The van der Waals surface area contributed by atoms with Gasteiger partial charge in [-0.05, 0) is 31.0 Å². The monoisotopic (exact) mass is 314 g/mol. The Labute approximate surface area is 112 Å². The molecule has 1 aromatic rings. The maximum Gasteiger partial charge on any atom is 0.251 e. The van der Waals surface area contributed by atoms with Gasteiger partial charge in [0.05, 0.1) is 6.54 Å². The molecule has 2 rings (SSSR count). The number of halogens is 2. The van der Waals surface area contributed by atoms with Crippen LogP contribution in [0.1, 0.15) is 23.2 Å². The van der Waals surface area contributed by atoms with Gasteiger partial charge in [0.2, 0.25) is 5.91 Å². The van der Waals surface area contributed by atoms with Crippen molar-refractivity contribution < 1.29 is 14.0 Å². The van der Waals surface area contributed by atoms with E-state index in [1.54, 1.807) is 0 Å². The minimum atomic E-state index is -0.503. The standard InChI is InChI=1S/C12H12BrFN2O2/c13-8-3-7(4-9(14)5-8)12(18)15-6-11(17)16-10-1-2-10/h3-5,10H,1-2,6H2,(H,15,18)(H,16,17). The minimum absolute atomic E-state index is 0.0938. The van der Waals surface area contributed by atoms with Gasteiger partial charge in [-0.2, -0.15) is 0 Å². The molecular formula is C12H12BrFN2O2. The molecular weight excluding hydrogens is 303 g/mol. The van der Waals surface area contributed by atoms with E-state index in [0.717, 1.165) is 18.9 Å². The van der Waals surface area contributed by atoms with Crippen LogP contribution in [0.4, 0.5) is 4.39 Å². The molecule has 0 bridgehead atoms. The molecule has 2 N–H and O–H groups in total. The Bertz CT molecular complexity index is 469. The zero-order valence-corrected chi connectivity index (χ0v) is 11.1. The summed E-state index contributed by atoms with van der Waals surface area (Å²) >= 11 is 3.10. The summed E-state index contributed by atoms with van der Waals surface area (Å²) < 4.78 is 13.6. The number of amides is 2. The van der Waals surface area contributed by atoms with Crippen molar-refractivity contribution in [3.05, 3.63) is 34.1 Å². The molecule has 1 saturated carbocycles. The Kier molecular flexibility index (Phi) is 3.96. The number of hydrogen-bond acceptors (Lipinski definition) is 2. The number of carbonyl (C=O) groups excluding carboxylic acids is 2. The van der Waals surface area contributed by atoms with Crippen LogP contribution in [0.3, 0.4) is 0 Å². The molecule has 96 valence electrons. The highest BCUT2D eigenvalue weighted by atomic mass is 79.9. The first-order valence-electron chi connectivity index (χ1n) is 5.58. The van der Waals surface area contributed by atoms with E-state index in [-0.39, 0.29) is 24.1 Å².